The summed E-state index contributed by atoms with van der Waals surface area (Å²) in [5.74, 6) is 0. The largest absolute Gasteiger partial charge is 0.0658 e. The van der Waals surface area contributed by atoms with Gasteiger partial charge in [0.05, 0.1) is 0 Å². The molecular formula is C14H16. The molecule has 1 saturated carbocycles. The lowest BCUT2D eigenvalue weighted by molar-refractivity contribution is 0.819. The Morgan fingerprint density at radius 3 is 2.64 bits per heavy atom. The molecule has 0 unspecified atom stereocenters. The van der Waals surface area contributed by atoms with Crippen LogP contribution >= 0.6 is 0 Å². The van der Waals surface area contributed by atoms with Gasteiger partial charge in [-0.05, 0) is 55.7 Å². The van der Waals surface area contributed by atoms with E-state index in [9.17, 15) is 0 Å². The molecule has 2 aliphatic rings. The Hall–Kier alpha value is -1.04. The van der Waals surface area contributed by atoms with Gasteiger partial charge in [-0.1, -0.05) is 29.3 Å². The lowest BCUT2D eigenvalue weighted by Crippen LogP contribution is -2.02. The summed E-state index contributed by atoms with van der Waals surface area (Å²) in [6.07, 6.45) is 6.69. The van der Waals surface area contributed by atoms with Crippen molar-refractivity contribution in [2.75, 3.05) is 0 Å². The van der Waals surface area contributed by atoms with Gasteiger partial charge in [0.15, 0.2) is 0 Å². The molecule has 0 bridgehead atoms. The van der Waals surface area contributed by atoms with Crippen molar-refractivity contribution in [3.63, 3.8) is 0 Å². The average Bonchev–Trinajstić information content (AvgIpc) is 2.99. The van der Waals surface area contributed by atoms with Gasteiger partial charge < -0.3 is 0 Å². The van der Waals surface area contributed by atoms with Gasteiger partial charge in [-0.25, -0.2) is 0 Å². The van der Waals surface area contributed by atoms with Gasteiger partial charge in [-0.15, -0.1) is 0 Å². The Morgan fingerprint density at radius 1 is 1.00 bits per heavy atom. The summed E-state index contributed by atoms with van der Waals surface area (Å²) >= 11 is 0. The summed E-state index contributed by atoms with van der Waals surface area (Å²) in [6, 6.07) is 6.97. The second-order valence-corrected chi connectivity index (χ2v) is 4.60. The predicted molar refractivity (Wildman–Crippen MR) is 60.3 cm³/mol. The number of allylic oxidation sites excluding steroid dienone is 2. The molecule has 14 heavy (non-hydrogen) atoms. The first-order valence-corrected chi connectivity index (χ1v) is 5.65. The van der Waals surface area contributed by atoms with Gasteiger partial charge in [0.1, 0.15) is 0 Å². The zero-order valence-electron chi connectivity index (χ0n) is 8.77. The normalized spacial score (nSPS) is 19.5. The SMILES string of the molecule is Cc1ccc2c(c1)CCCC2=C1CC1. The van der Waals surface area contributed by atoms with Crippen molar-refractivity contribution in [1.29, 1.82) is 0 Å². The fourth-order valence-corrected chi connectivity index (χ4v) is 2.55. The fraction of sp³-hybridized carbons (Fsp3) is 0.429. The summed E-state index contributed by atoms with van der Waals surface area (Å²) in [7, 11) is 0. The maximum Gasteiger partial charge on any atom is -0.0193 e. The third kappa shape index (κ3) is 1.30. The number of fused-ring (bicyclic) bond motifs is 1. The third-order valence-electron chi connectivity index (χ3n) is 3.39. The fourth-order valence-electron chi connectivity index (χ4n) is 2.55. The first-order valence-electron chi connectivity index (χ1n) is 5.65. The highest BCUT2D eigenvalue weighted by molar-refractivity contribution is 5.75. The van der Waals surface area contributed by atoms with Crippen LogP contribution in [0.4, 0.5) is 0 Å². The maximum atomic E-state index is 2.37. The molecule has 0 aliphatic heterocycles. The zero-order valence-corrected chi connectivity index (χ0v) is 8.77. The minimum absolute atomic E-state index is 1.29. The molecule has 1 aromatic carbocycles. The van der Waals surface area contributed by atoms with Crippen molar-refractivity contribution in [1.82, 2.24) is 0 Å². The van der Waals surface area contributed by atoms with E-state index in [1.165, 1.54) is 37.7 Å². The first-order chi connectivity index (χ1) is 6.84. The Morgan fingerprint density at radius 2 is 1.86 bits per heavy atom. The van der Waals surface area contributed by atoms with Crippen molar-refractivity contribution in [3.05, 3.63) is 40.5 Å². The van der Waals surface area contributed by atoms with Crippen LogP contribution in [0.2, 0.25) is 0 Å². The highest BCUT2D eigenvalue weighted by Crippen LogP contribution is 2.42. The number of hydrogen-bond acceptors (Lipinski definition) is 0. The first kappa shape index (κ1) is 8.28. The van der Waals surface area contributed by atoms with Crippen LogP contribution in [-0.2, 0) is 6.42 Å². The van der Waals surface area contributed by atoms with Crippen LogP contribution in [-0.4, -0.2) is 0 Å². The highest BCUT2D eigenvalue weighted by atomic mass is 14.3. The quantitative estimate of drug-likeness (QED) is 0.574. The van der Waals surface area contributed by atoms with E-state index < -0.39 is 0 Å². The summed E-state index contributed by atoms with van der Waals surface area (Å²) in [4.78, 5) is 0. The second kappa shape index (κ2) is 2.98. The third-order valence-corrected chi connectivity index (χ3v) is 3.39. The van der Waals surface area contributed by atoms with Crippen LogP contribution in [0.15, 0.2) is 23.8 Å². The smallest absolute Gasteiger partial charge is 0.0193 e. The van der Waals surface area contributed by atoms with E-state index in [2.05, 4.69) is 25.1 Å². The summed E-state index contributed by atoms with van der Waals surface area (Å²) in [5, 5.41) is 0. The van der Waals surface area contributed by atoms with E-state index in [0.717, 1.165) is 0 Å². The molecule has 0 heteroatoms. The van der Waals surface area contributed by atoms with E-state index in [4.69, 9.17) is 0 Å². The molecule has 72 valence electrons. The van der Waals surface area contributed by atoms with E-state index in [1.54, 1.807) is 22.3 Å². The topological polar surface area (TPSA) is 0 Å². The lowest BCUT2D eigenvalue weighted by atomic mass is 9.86. The molecule has 0 nitrogen and oxygen atoms in total. The minimum atomic E-state index is 1.29. The van der Waals surface area contributed by atoms with Crippen molar-refractivity contribution in [3.8, 4) is 0 Å². The number of benzene rings is 1. The Bertz CT molecular complexity index is 404. The van der Waals surface area contributed by atoms with Crippen LogP contribution in [0.1, 0.15) is 42.4 Å². The van der Waals surface area contributed by atoms with Crippen LogP contribution in [0.3, 0.4) is 0 Å². The van der Waals surface area contributed by atoms with Crippen molar-refractivity contribution < 1.29 is 0 Å². The van der Waals surface area contributed by atoms with Crippen molar-refractivity contribution in [2.24, 2.45) is 0 Å². The summed E-state index contributed by atoms with van der Waals surface area (Å²) < 4.78 is 0. The monoisotopic (exact) mass is 184 g/mol. The zero-order chi connectivity index (χ0) is 9.54. The molecule has 0 saturated heterocycles. The molecule has 1 aromatic rings. The molecule has 1 fully saturated rings. The van der Waals surface area contributed by atoms with Crippen molar-refractivity contribution in [2.45, 2.75) is 39.0 Å². The number of aryl methyl sites for hydroxylation is 2. The Kier molecular flexibility index (Phi) is 1.76. The van der Waals surface area contributed by atoms with Gasteiger partial charge in [0, 0.05) is 0 Å². The van der Waals surface area contributed by atoms with Gasteiger partial charge in [-0.3, -0.25) is 0 Å². The van der Waals surface area contributed by atoms with Crippen LogP contribution in [0.25, 0.3) is 5.57 Å². The Balaban J connectivity index is 2.15. The molecule has 0 aromatic heterocycles. The van der Waals surface area contributed by atoms with Crippen LogP contribution < -0.4 is 0 Å². The van der Waals surface area contributed by atoms with Gasteiger partial charge in [0.25, 0.3) is 0 Å². The van der Waals surface area contributed by atoms with Gasteiger partial charge in [-0.2, -0.15) is 0 Å². The van der Waals surface area contributed by atoms with Gasteiger partial charge in [0.2, 0.25) is 0 Å². The molecule has 3 rings (SSSR count). The van der Waals surface area contributed by atoms with Gasteiger partial charge >= 0.3 is 0 Å². The van der Waals surface area contributed by atoms with Crippen LogP contribution in [0, 0.1) is 6.92 Å². The molecule has 0 heterocycles. The lowest BCUT2D eigenvalue weighted by Gasteiger charge is -2.19. The molecule has 0 amide bonds. The molecular weight excluding hydrogens is 168 g/mol. The summed E-state index contributed by atoms with van der Waals surface area (Å²) in [5.41, 5.74) is 7.98. The van der Waals surface area contributed by atoms with E-state index in [0.29, 0.717) is 0 Å². The Labute approximate surface area is 85.6 Å². The molecule has 2 aliphatic carbocycles. The molecule has 0 N–H and O–H groups in total. The van der Waals surface area contributed by atoms with E-state index in [-0.39, 0.29) is 0 Å². The highest BCUT2D eigenvalue weighted by Gasteiger charge is 2.22. The number of hydrogen-bond donors (Lipinski definition) is 0. The van der Waals surface area contributed by atoms with E-state index >= 15 is 0 Å². The maximum absolute atomic E-state index is 2.37. The van der Waals surface area contributed by atoms with Crippen molar-refractivity contribution >= 4 is 5.57 Å². The second-order valence-electron chi connectivity index (χ2n) is 4.60. The summed E-state index contributed by atoms with van der Waals surface area (Å²) in [6.45, 7) is 2.19. The molecule has 0 atom stereocenters. The predicted octanol–water partition coefficient (Wildman–Crippen LogP) is 3.88. The standard InChI is InChI=1S/C14H16/c1-10-5-8-14-12(9-10)3-2-4-13(14)11-6-7-11/h5,8-9H,2-4,6-7H2,1H3. The van der Waals surface area contributed by atoms with Crippen LogP contribution in [0.5, 0.6) is 0 Å². The van der Waals surface area contributed by atoms with E-state index in [1.807, 2.05) is 0 Å². The number of rotatable bonds is 0. The average molecular weight is 184 g/mol. The minimum Gasteiger partial charge on any atom is -0.0658 e. The molecule has 0 radical (unpaired) electrons. The molecule has 0 spiro atoms.